The van der Waals surface area contributed by atoms with Gasteiger partial charge in [0.25, 0.3) is 5.56 Å². The fraction of sp³-hybridized carbons (Fsp3) is 0.421. The summed E-state index contributed by atoms with van der Waals surface area (Å²) in [6.07, 6.45) is 3.27. The summed E-state index contributed by atoms with van der Waals surface area (Å²) in [6.45, 7) is 3.37. The van der Waals surface area contributed by atoms with Gasteiger partial charge in [-0.1, -0.05) is 24.3 Å². The molecule has 0 bridgehead atoms. The van der Waals surface area contributed by atoms with Gasteiger partial charge in [0.15, 0.2) is 0 Å². The van der Waals surface area contributed by atoms with E-state index in [4.69, 9.17) is 4.74 Å². The van der Waals surface area contributed by atoms with Crippen LogP contribution in [0.3, 0.4) is 0 Å². The summed E-state index contributed by atoms with van der Waals surface area (Å²) >= 11 is 0. The molecule has 1 N–H and O–H groups in total. The van der Waals surface area contributed by atoms with Gasteiger partial charge in [-0.15, -0.1) is 0 Å². The van der Waals surface area contributed by atoms with Gasteiger partial charge in [0.1, 0.15) is 0 Å². The van der Waals surface area contributed by atoms with Gasteiger partial charge in [0, 0.05) is 31.3 Å². The van der Waals surface area contributed by atoms with E-state index >= 15 is 0 Å². The van der Waals surface area contributed by atoms with Gasteiger partial charge in [0.2, 0.25) is 0 Å². The van der Waals surface area contributed by atoms with Crippen LogP contribution in [0.4, 0.5) is 5.69 Å². The van der Waals surface area contributed by atoms with E-state index in [0.717, 1.165) is 50.5 Å². The average molecular weight is 310 g/mol. The van der Waals surface area contributed by atoms with Crippen LogP contribution in [-0.2, 0) is 17.7 Å². The maximum Gasteiger partial charge on any atom is 0.251 e. The molecule has 0 spiro atoms. The molecule has 2 aliphatic rings. The molecule has 0 aliphatic carbocycles. The van der Waals surface area contributed by atoms with Crippen LogP contribution >= 0.6 is 0 Å². The van der Waals surface area contributed by atoms with E-state index in [1.54, 1.807) is 6.07 Å². The molecule has 3 heterocycles. The molecule has 1 unspecified atom stereocenters. The van der Waals surface area contributed by atoms with Crippen molar-refractivity contribution in [1.82, 2.24) is 4.57 Å². The normalized spacial score (nSPS) is 19.7. The lowest BCUT2D eigenvalue weighted by molar-refractivity contribution is 0.0595. The molecular weight excluding hydrogens is 288 g/mol. The summed E-state index contributed by atoms with van der Waals surface area (Å²) in [6, 6.07) is 12.0. The van der Waals surface area contributed by atoms with Crippen LogP contribution in [0.15, 0.2) is 41.2 Å². The molecule has 0 radical (unpaired) electrons. The molecule has 1 saturated heterocycles. The van der Waals surface area contributed by atoms with Gasteiger partial charge in [0.05, 0.1) is 18.0 Å². The Hall–Kier alpha value is -2.07. The van der Waals surface area contributed by atoms with Crippen molar-refractivity contribution in [1.29, 1.82) is 0 Å². The highest BCUT2D eigenvalue weighted by Crippen LogP contribution is 2.33. The van der Waals surface area contributed by atoms with Crippen molar-refractivity contribution in [3.8, 4) is 11.3 Å². The number of benzene rings is 1. The van der Waals surface area contributed by atoms with Gasteiger partial charge >= 0.3 is 0 Å². The zero-order chi connectivity index (χ0) is 15.6. The minimum absolute atomic E-state index is 0.0843. The molecule has 4 heteroatoms. The van der Waals surface area contributed by atoms with Crippen LogP contribution in [0.1, 0.15) is 18.4 Å². The predicted molar refractivity (Wildman–Crippen MR) is 91.9 cm³/mol. The highest BCUT2D eigenvalue weighted by atomic mass is 16.5. The molecule has 2 aliphatic heterocycles. The maximum atomic E-state index is 12.2. The van der Waals surface area contributed by atoms with Crippen LogP contribution in [0.25, 0.3) is 11.3 Å². The zero-order valence-corrected chi connectivity index (χ0v) is 13.3. The summed E-state index contributed by atoms with van der Waals surface area (Å²) in [5.74, 6) is 0.551. The standard InChI is InChI=1S/C19H22N2O2/c22-18-8-7-17(20-12-14-4-3-11-23-13-14)19-16-6-2-1-5-15(16)9-10-21(18)19/h1-2,5-8,14,20H,3-4,9-13H2. The van der Waals surface area contributed by atoms with Gasteiger partial charge in [-0.25, -0.2) is 0 Å². The minimum Gasteiger partial charge on any atom is -0.383 e. The number of aromatic nitrogens is 1. The number of nitrogens with one attached hydrogen (secondary N) is 1. The number of hydrogen-bond acceptors (Lipinski definition) is 3. The number of hydrogen-bond donors (Lipinski definition) is 1. The molecule has 4 nitrogen and oxygen atoms in total. The summed E-state index contributed by atoms with van der Waals surface area (Å²) in [7, 11) is 0. The number of ether oxygens (including phenoxy) is 1. The van der Waals surface area contributed by atoms with Gasteiger partial charge in [-0.2, -0.15) is 0 Å². The third-order valence-corrected chi connectivity index (χ3v) is 4.90. The number of rotatable bonds is 3. The van der Waals surface area contributed by atoms with E-state index in [9.17, 15) is 4.79 Å². The number of nitrogens with zero attached hydrogens (tertiary/aromatic N) is 1. The third kappa shape index (κ3) is 2.79. The minimum atomic E-state index is 0.0843. The van der Waals surface area contributed by atoms with Crippen molar-refractivity contribution in [2.75, 3.05) is 25.1 Å². The lowest BCUT2D eigenvalue weighted by Crippen LogP contribution is -2.28. The van der Waals surface area contributed by atoms with Crippen molar-refractivity contribution in [2.24, 2.45) is 5.92 Å². The molecule has 0 saturated carbocycles. The van der Waals surface area contributed by atoms with E-state index in [2.05, 4.69) is 23.5 Å². The lowest BCUT2D eigenvalue weighted by Gasteiger charge is -2.27. The first kappa shape index (κ1) is 14.5. The fourth-order valence-corrected chi connectivity index (χ4v) is 3.66. The Balaban J connectivity index is 1.67. The van der Waals surface area contributed by atoms with Crippen molar-refractivity contribution < 1.29 is 4.74 Å². The molecule has 120 valence electrons. The predicted octanol–water partition coefficient (Wildman–Crippen LogP) is 2.91. The second kappa shape index (κ2) is 6.20. The Labute approximate surface area is 136 Å². The van der Waals surface area contributed by atoms with E-state index < -0.39 is 0 Å². The second-order valence-electron chi connectivity index (χ2n) is 6.46. The Kier molecular flexibility index (Phi) is 3.92. The summed E-state index contributed by atoms with van der Waals surface area (Å²) in [4.78, 5) is 12.2. The zero-order valence-electron chi connectivity index (χ0n) is 13.3. The first-order valence-electron chi connectivity index (χ1n) is 8.46. The quantitative estimate of drug-likeness (QED) is 0.948. The number of pyridine rings is 1. The fourth-order valence-electron chi connectivity index (χ4n) is 3.66. The molecule has 1 aromatic carbocycles. The Morgan fingerprint density at radius 1 is 1.22 bits per heavy atom. The number of aryl methyl sites for hydroxylation is 1. The van der Waals surface area contributed by atoms with Crippen molar-refractivity contribution in [2.45, 2.75) is 25.8 Å². The molecule has 4 rings (SSSR count). The van der Waals surface area contributed by atoms with Crippen LogP contribution in [-0.4, -0.2) is 24.3 Å². The van der Waals surface area contributed by atoms with E-state index in [-0.39, 0.29) is 5.56 Å². The summed E-state index contributed by atoms with van der Waals surface area (Å²) in [5, 5.41) is 3.57. The first-order valence-corrected chi connectivity index (χ1v) is 8.46. The van der Waals surface area contributed by atoms with E-state index in [0.29, 0.717) is 5.92 Å². The monoisotopic (exact) mass is 310 g/mol. The van der Waals surface area contributed by atoms with Crippen LogP contribution in [0.2, 0.25) is 0 Å². The molecule has 1 atom stereocenters. The van der Waals surface area contributed by atoms with Gasteiger partial charge in [-0.3, -0.25) is 4.79 Å². The van der Waals surface area contributed by atoms with Crippen LogP contribution in [0, 0.1) is 5.92 Å². The first-order chi connectivity index (χ1) is 11.3. The second-order valence-corrected chi connectivity index (χ2v) is 6.46. The summed E-state index contributed by atoms with van der Waals surface area (Å²) < 4.78 is 7.47. The largest absolute Gasteiger partial charge is 0.383 e. The van der Waals surface area contributed by atoms with Gasteiger partial charge < -0.3 is 14.6 Å². The van der Waals surface area contributed by atoms with Crippen molar-refractivity contribution in [3.05, 3.63) is 52.3 Å². The molecule has 1 fully saturated rings. The lowest BCUT2D eigenvalue weighted by atomic mass is 9.96. The highest BCUT2D eigenvalue weighted by Gasteiger charge is 2.21. The Morgan fingerprint density at radius 2 is 2.13 bits per heavy atom. The molecule has 1 aromatic heterocycles. The Bertz CT molecular complexity index is 760. The van der Waals surface area contributed by atoms with E-state index in [1.165, 1.54) is 17.5 Å². The van der Waals surface area contributed by atoms with Gasteiger partial charge in [-0.05, 0) is 36.8 Å². The molecule has 2 aromatic rings. The number of anilines is 1. The molecule has 23 heavy (non-hydrogen) atoms. The SMILES string of the molecule is O=c1ccc(NCC2CCCOC2)c2n1CCc1ccccc1-2. The average Bonchev–Trinajstić information content (AvgIpc) is 2.62. The Morgan fingerprint density at radius 3 is 3.00 bits per heavy atom. The maximum absolute atomic E-state index is 12.2. The van der Waals surface area contributed by atoms with Crippen molar-refractivity contribution >= 4 is 5.69 Å². The highest BCUT2D eigenvalue weighted by molar-refractivity contribution is 5.78. The number of fused-ring (bicyclic) bond motifs is 3. The topological polar surface area (TPSA) is 43.3 Å². The smallest absolute Gasteiger partial charge is 0.251 e. The van der Waals surface area contributed by atoms with Crippen LogP contribution in [0.5, 0.6) is 0 Å². The van der Waals surface area contributed by atoms with Crippen LogP contribution < -0.4 is 10.9 Å². The third-order valence-electron chi connectivity index (χ3n) is 4.90. The summed E-state index contributed by atoms with van der Waals surface area (Å²) in [5.41, 5.74) is 4.68. The molecule has 0 amide bonds. The van der Waals surface area contributed by atoms with Crippen molar-refractivity contribution in [3.63, 3.8) is 0 Å². The molecular formula is C19H22N2O2. The van der Waals surface area contributed by atoms with E-state index in [1.807, 2.05) is 16.7 Å².